The monoisotopic (exact) mass is 433 g/mol. The molecule has 1 amide bonds. The first kappa shape index (κ1) is 20.8. The number of anilines is 1. The summed E-state index contributed by atoms with van der Waals surface area (Å²) >= 11 is 1.53. The molecule has 0 aliphatic heterocycles. The number of hydrogen-bond donors (Lipinski definition) is 1. The van der Waals surface area contributed by atoms with Crippen molar-refractivity contribution in [3.05, 3.63) is 82.8 Å². The second kappa shape index (κ2) is 8.73. The average Bonchev–Trinajstić information content (AvgIpc) is 2.98. The molecule has 31 heavy (non-hydrogen) atoms. The average molecular weight is 434 g/mol. The molecule has 0 aliphatic carbocycles. The molecule has 4 rings (SSSR count). The van der Waals surface area contributed by atoms with Crippen molar-refractivity contribution in [2.24, 2.45) is 14.1 Å². The number of carbonyl (C=O) groups excluding carboxylic acids is 1. The Kier molecular flexibility index (Phi) is 5.86. The first-order valence-corrected chi connectivity index (χ1v) is 10.7. The van der Waals surface area contributed by atoms with Crippen molar-refractivity contribution >= 4 is 34.4 Å². The van der Waals surface area contributed by atoms with Crippen LogP contribution in [-0.4, -0.2) is 21.6 Å². The second-order valence-corrected chi connectivity index (χ2v) is 8.42. The molecular formula is C24H23N3O3S. The van der Waals surface area contributed by atoms with Gasteiger partial charge in [0, 0.05) is 23.9 Å². The van der Waals surface area contributed by atoms with Gasteiger partial charge >= 0.3 is 5.69 Å². The first-order valence-electron chi connectivity index (χ1n) is 9.84. The predicted molar refractivity (Wildman–Crippen MR) is 124 cm³/mol. The van der Waals surface area contributed by atoms with E-state index >= 15 is 0 Å². The highest BCUT2D eigenvalue weighted by Crippen LogP contribution is 2.36. The van der Waals surface area contributed by atoms with Crippen LogP contribution in [0.2, 0.25) is 0 Å². The molecule has 6 nitrogen and oxygen atoms in total. The van der Waals surface area contributed by atoms with E-state index in [2.05, 4.69) is 5.32 Å². The molecule has 0 saturated heterocycles. The number of rotatable bonds is 6. The van der Waals surface area contributed by atoms with Crippen LogP contribution in [0.15, 0.2) is 81.3 Å². The van der Waals surface area contributed by atoms with Gasteiger partial charge < -0.3 is 10.1 Å². The number of nitrogens with zero attached hydrogens (tertiary/aromatic N) is 2. The van der Waals surface area contributed by atoms with Crippen LogP contribution in [0.25, 0.3) is 11.0 Å². The number of imidazole rings is 1. The van der Waals surface area contributed by atoms with Crippen LogP contribution >= 0.6 is 11.8 Å². The van der Waals surface area contributed by atoms with E-state index in [9.17, 15) is 9.59 Å². The van der Waals surface area contributed by atoms with Gasteiger partial charge in [-0.05, 0) is 43.3 Å². The number of fused-ring (bicyclic) bond motifs is 1. The van der Waals surface area contributed by atoms with Gasteiger partial charge in [0.15, 0.2) is 6.61 Å². The zero-order valence-corrected chi connectivity index (χ0v) is 18.4. The van der Waals surface area contributed by atoms with Crippen LogP contribution in [0, 0.1) is 6.92 Å². The third-order valence-corrected chi connectivity index (χ3v) is 6.07. The minimum atomic E-state index is -0.268. The minimum absolute atomic E-state index is 0.107. The molecule has 0 unspecified atom stereocenters. The Labute approximate surface area is 184 Å². The Morgan fingerprint density at radius 2 is 1.61 bits per heavy atom. The van der Waals surface area contributed by atoms with Crippen LogP contribution in [0.4, 0.5) is 5.69 Å². The third-order valence-electron chi connectivity index (χ3n) is 5.01. The van der Waals surface area contributed by atoms with Crippen LogP contribution in [0.5, 0.6) is 5.75 Å². The van der Waals surface area contributed by atoms with Crippen LogP contribution in [0.3, 0.4) is 0 Å². The molecule has 0 bridgehead atoms. The van der Waals surface area contributed by atoms with Crippen LogP contribution < -0.4 is 15.7 Å². The Morgan fingerprint density at radius 1 is 0.968 bits per heavy atom. The molecule has 0 fully saturated rings. The van der Waals surface area contributed by atoms with Gasteiger partial charge in [-0.3, -0.25) is 13.9 Å². The van der Waals surface area contributed by atoms with Crippen LogP contribution in [-0.2, 0) is 18.9 Å². The lowest BCUT2D eigenvalue weighted by Gasteiger charge is -2.13. The molecule has 7 heteroatoms. The summed E-state index contributed by atoms with van der Waals surface area (Å²) in [5.41, 5.74) is 3.21. The van der Waals surface area contributed by atoms with E-state index in [1.807, 2.05) is 73.7 Å². The smallest absolute Gasteiger partial charge is 0.328 e. The summed E-state index contributed by atoms with van der Waals surface area (Å²) in [6.07, 6.45) is 0. The molecule has 0 saturated carbocycles. The number of carbonyl (C=O) groups is 1. The van der Waals surface area contributed by atoms with Crippen molar-refractivity contribution in [1.29, 1.82) is 0 Å². The number of nitrogens with one attached hydrogen (secondary N) is 1. The summed E-state index contributed by atoms with van der Waals surface area (Å²) in [6.45, 7) is 1.89. The minimum Gasteiger partial charge on any atom is -0.484 e. The van der Waals surface area contributed by atoms with Crippen molar-refractivity contribution in [3.63, 3.8) is 0 Å². The molecule has 4 aromatic rings. The zero-order chi connectivity index (χ0) is 22.0. The summed E-state index contributed by atoms with van der Waals surface area (Å²) in [5, 5.41) is 2.95. The van der Waals surface area contributed by atoms with Gasteiger partial charge in [-0.25, -0.2) is 4.79 Å². The molecule has 158 valence electrons. The molecule has 0 aliphatic rings. The lowest BCUT2D eigenvalue weighted by molar-refractivity contribution is -0.118. The number of benzene rings is 3. The van der Waals surface area contributed by atoms with E-state index in [0.717, 1.165) is 26.4 Å². The summed E-state index contributed by atoms with van der Waals surface area (Å²) < 4.78 is 8.79. The lowest BCUT2D eigenvalue weighted by Crippen LogP contribution is -2.20. The molecule has 0 spiro atoms. The Morgan fingerprint density at radius 3 is 2.29 bits per heavy atom. The lowest BCUT2D eigenvalue weighted by atomic mass is 10.2. The Balaban J connectivity index is 1.63. The fourth-order valence-electron chi connectivity index (χ4n) is 3.29. The maximum atomic E-state index is 12.6. The molecule has 1 N–H and O–H groups in total. The number of aryl methyl sites for hydroxylation is 3. The van der Waals surface area contributed by atoms with Gasteiger partial charge in [0.05, 0.1) is 16.7 Å². The summed E-state index contributed by atoms with van der Waals surface area (Å²) in [4.78, 5) is 26.9. The standard InChI is InChI=1S/C24H23N3O3S/c1-16-9-11-17(12-10-16)30-15-23(28)25-19-13-20-21(27(3)24(29)26(20)2)14-22(19)31-18-7-5-4-6-8-18/h4-14H,15H2,1-3H3,(H,25,28). The molecule has 0 atom stereocenters. The van der Waals surface area contributed by atoms with Crippen molar-refractivity contribution < 1.29 is 9.53 Å². The van der Waals surface area contributed by atoms with Crippen LogP contribution in [0.1, 0.15) is 5.56 Å². The topological polar surface area (TPSA) is 65.3 Å². The van der Waals surface area contributed by atoms with E-state index in [4.69, 9.17) is 4.74 Å². The van der Waals surface area contributed by atoms with Gasteiger partial charge in [-0.1, -0.05) is 47.7 Å². The Hall–Kier alpha value is -3.45. The van der Waals surface area contributed by atoms with E-state index in [1.54, 1.807) is 23.2 Å². The highest BCUT2D eigenvalue weighted by Gasteiger charge is 2.15. The van der Waals surface area contributed by atoms with E-state index in [1.165, 1.54) is 11.8 Å². The zero-order valence-electron chi connectivity index (χ0n) is 17.6. The molecule has 1 aromatic heterocycles. The van der Waals surface area contributed by atoms with Gasteiger partial charge in [-0.2, -0.15) is 0 Å². The van der Waals surface area contributed by atoms with Gasteiger partial charge in [0.1, 0.15) is 5.75 Å². The molecule has 1 heterocycles. The van der Waals surface area contributed by atoms with E-state index < -0.39 is 0 Å². The van der Waals surface area contributed by atoms with Crippen molar-refractivity contribution in [2.75, 3.05) is 11.9 Å². The quantitative estimate of drug-likeness (QED) is 0.491. The van der Waals surface area contributed by atoms with Gasteiger partial charge in [0.25, 0.3) is 5.91 Å². The second-order valence-electron chi connectivity index (χ2n) is 7.30. The SMILES string of the molecule is Cc1ccc(OCC(=O)Nc2cc3c(cc2Sc2ccccc2)n(C)c(=O)n3C)cc1. The summed E-state index contributed by atoms with van der Waals surface area (Å²) in [6, 6.07) is 21.2. The van der Waals surface area contributed by atoms with Crippen molar-refractivity contribution in [2.45, 2.75) is 16.7 Å². The fourth-order valence-corrected chi connectivity index (χ4v) is 4.23. The maximum absolute atomic E-state index is 12.6. The molecular weight excluding hydrogens is 410 g/mol. The van der Waals surface area contributed by atoms with E-state index in [-0.39, 0.29) is 18.2 Å². The van der Waals surface area contributed by atoms with Crippen molar-refractivity contribution in [1.82, 2.24) is 9.13 Å². The predicted octanol–water partition coefficient (Wildman–Crippen LogP) is 4.35. The van der Waals surface area contributed by atoms with Gasteiger partial charge in [0.2, 0.25) is 0 Å². The third kappa shape index (κ3) is 4.51. The van der Waals surface area contributed by atoms with Gasteiger partial charge in [-0.15, -0.1) is 0 Å². The molecule has 3 aromatic carbocycles. The number of aromatic nitrogens is 2. The van der Waals surface area contributed by atoms with Crippen molar-refractivity contribution in [3.8, 4) is 5.75 Å². The highest BCUT2D eigenvalue weighted by molar-refractivity contribution is 7.99. The number of hydrogen-bond acceptors (Lipinski definition) is 4. The van der Waals surface area contributed by atoms with E-state index in [0.29, 0.717) is 11.4 Å². The highest BCUT2D eigenvalue weighted by atomic mass is 32.2. The maximum Gasteiger partial charge on any atom is 0.328 e. The number of ether oxygens (including phenoxy) is 1. The number of amides is 1. The normalized spacial score (nSPS) is 10.9. The first-order chi connectivity index (χ1) is 14.9. The Bertz CT molecular complexity index is 1290. The summed E-state index contributed by atoms with van der Waals surface area (Å²) in [5.74, 6) is 0.372. The fraction of sp³-hybridized carbons (Fsp3) is 0.167. The largest absolute Gasteiger partial charge is 0.484 e. The summed E-state index contributed by atoms with van der Waals surface area (Å²) in [7, 11) is 3.47. The molecule has 0 radical (unpaired) electrons.